The monoisotopic (exact) mass is 370 g/mol. The number of allylic oxidation sites excluding steroid dienone is 2. The number of nitrogens with one attached hydrogen (secondary N) is 1. The van der Waals surface area contributed by atoms with Crippen LogP contribution in [0.2, 0.25) is 0 Å². The summed E-state index contributed by atoms with van der Waals surface area (Å²) in [6.07, 6.45) is 2.65. The van der Waals surface area contributed by atoms with Crippen molar-refractivity contribution in [3.63, 3.8) is 0 Å². The van der Waals surface area contributed by atoms with E-state index in [0.29, 0.717) is 24.2 Å². The Balaban J connectivity index is 1.86. The summed E-state index contributed by atoms with van der Waals surface area (Å²) >= 11 is 0. The van der Waals surface area contributed by atoms with Gasteiger partial charge in [-0.25, -0.2) is 12.4 Å². The number of benzene rings is 1. The van der Waals surface area contributed by atoms with Gasteiger partial charge in [0.25, 0.3) is 10.0 Å². The summed E-state index contributed by atoms with van der Waals surface area (Å²) in [4.78, 5) is 25.9. The highest BCUT2D eigenvalue weighted by Gasteiger charge is 2.39. The topological polar surface area (TPSA) is 85.2 Å². The van der Waals surface area contributed by atoms with Gasteiger partial charge in [0.2, 0.25) is 11.6 Å². The number of fused-ring (bicyclic) bond motifs is 1. The van der Waals surface area contributed by atoms with Crippen molar-refractivity contribution in [3.8, 4) is 0 Å². The Hall–Kier alpha value is -2.67. The Labute approximate surface area is 151 Å². The smallest absolute Gasteiger partial charge is 0.268 e. The third kappa shape index (κ3) is 2.34. The summed E-state index contributed by atoms with van der Waals surface area (Å²) in [5.74, 6) is -0.447. The molecule has 26 heavy (non-hydrogen) atoms. The molecule has 2 aromatic rings. The van der Waals surface area contributed by atoms with Crippen molar-refractivity contribution in [3.05, 3.63) is 65.1 Å². The van der Waals surface area contributed by atoms with Crippen LogP contribution in [0.4, 0.5) is 0 Å². The number of hydrogen-bond donors (Lipinski definition) is 1. The summed E-state index contributed by atoms with van der Waals surface area (Å²) in [6, 6.07) is 9.30. The summed E-state index contributed by atoms with van der Waals surface area (Å²) < 4.78 is 26.9. The minimum atomic E-state index is -3.95. The van der Waals surface area contributed by atoms with E-state index >= 15 is 0 Å². The van der Waals surface area contributed by atoms with Gasteiger partial charge < -0.3 is 5.32 Å². The molecule has 7 heteroatoms. The molecule has 134 valence electrons. The predicted octanol–water partition coefficient (Wildman–Crippen LogP) is 2.38. The van der Waals surface area contributed by atoms with Crippen molar-refractivity contribution in [2.45, 2.75) is 24.7 Å². The van der Waals surface area contributed by atoms with Gasteiger partial charge in [0, 0.05) is 18.3 Å². The second-order valence-corrected chi connectivity index (χ2v) is 8.38. The fourth-order valence-electron chi connectivity index (χ4n) is 3.53. The lowest BCUT2D eigenvalue weighted by molar-refractivity contribution is 0.0953. The summed E-state index contributed by atoms with van der Waals surface area (Å²) in [6.45, 7) is 2.67. The van der Waals surface area contributed by atoms with E-state index in [1.807, 2.05) is 6.92 Å². The van der Waals surface area contributed by atoms with E-state index in [-0.39, 0.29) is 33.6 Å². The summed E-state index contributed by atoms with van der Waals surface area (Å²) in [7, 11) is -3.95. The molecular formula is C19H18N2O4S. The van der Waals surface area contributed by atoms with Crippen molar-refractivity contribution < 1.29 is 18.0 Å². The van der Waals surface area contributed by atoms with Crippen molar-refractivity contribution in [1.29, 1.82) is 0 Å². The van der Waals surface area contributed by atoms with E-state index in [9.17, 15) is 18.0 Å². The molecule has 0 fully saturated rings. The number of carbonyl (C=O) groups excluding carboxylic acids is 2. The quantitative estimate of drug-likeness (QED) is 0.897. The van der Waals surface area contributed by atoms with Crippen LogP contribution in [0.1, 0.15) is 40.6 Å². The minimum Gasteiger partial charge on any atom is -0.381 e. The first-order chi connectivity index (χ1) is 12.4. The third-order valence-corrected chi connectivity index (χ3v) is 6.74. The van der Waals surface area contributed by atoms with Crippen molar-refractivity contribution in [1.82, 2.24) is 9.29 Å². The lowest BCUT2D eigenvalue weighted by Crippen LogP contribution is -2.39. The van der Waals surface area contributed by atoms with Crippen LogP contribution in [0.5, 0.6) is 0 Å². The highest BCUT2D eigenvalue weighted by molar-refractivity contribution is 7.90. The van der Waals surface area contributed by atoms with Crippen LogP contribution in [0.3, 0.4) is 0 Å². The lowest BCUT2D eigenvalue weighted by atomic mass is 9.83. The number of Topliss-reactive ketones (excluding diaryl/α,β-unsaturated/α-hetero) is 2. The highest BCUT2D eigenvalue weighted by atomic mass is 32.2. The zero-order valence-corrected chi connectivity index (χ0v) is 15.0. The van der Waals surface area contributed by atoms with Crippen LogP contribution in [0, 0.1) is 5.92 Å². The van der Waals surface area contributed by atoms with Crippen LogP contribution in [0.15, 0.2) is 58.8 Å². The van der Waals surface area contributed by atoms with Crippen LogP contribution in [-0.2, 0) is 10.0 Å². The molecule has 1 N–H and O–H groups in total. The second-order valence-electron chi connectivity index (χ2n) is 6.56. The van der Waals surface area contributed by atoms with E-state index < -0.39 is 10.0 Å². The Morgan fingerprint density at radius 1 is 1.12 bits per heavy atom. The maximum atomic E-state index is 13.1. The summed E-state index contributed by atoms with van der Waals surface area (Å²) in [5, 5.41) is 3.07. The average Bonchev–Trinajstić information content (AvgIpc) is 3.13. The summed E-state index contributed by atoms with van der Waals surface area (Å²) in [5.41, 5.74) is 0.790. The first-order valence-corrected chi connectivity index (χ1v) is 9.97. The molecule has 1 atom stereocenters. The van der Waals surface area contributed by atoms with Gasteiger partial charge in [-0.15, -0.1) is 0 Å². The maximum absolute atomic E-state index is 13.1. The van der Waals surface area contributed by atoms with E-state index in [0.717, 1.165) is 10.4 Å². The zero-order valence-electron chi connectivity index (χ0n) is 14.2. The number of ketones is 2. The molecule has 1 unspecified atom stereocenters. The van der Waals surface area contributed by atoms with Crippen LogP contribution >= 0.6 is 0 Å². The zero-order chi connectivity index (χ0) is 18.5. The predicted molar refractivity (Wildman–Crippen MR) is 95.5 cm³/mol. The van der Waals surface area contributed by atoms with Gasteiger partial charge in [-0.3, -0.25) is 9.59 Å². The van der Waals surface area contributed by atoms with Gasteiger partial charge in [0.15, 0.2) is 0 Å². The molecular weight excluding hydrogens is 352 g/mol. The maximum Gasteiger partial charge on any atom is 0.268 e. The van der Waals surface area contributed by atoms with Crippen molar-refractivity contribution >= 4 is 21.6 Å². The number of aromatic nitrogens is 1. The first-order valence-electron chi connectivity index (χ1n) is 8.53. The molecule has 1 aliphatic heterocycles. The van der Waals surface area contributed by atoms with E-state index in [2.05, 4.69) is 5.32 Å². The fourth-order valence-corrected chi connectivity index (χ4v) is 4.90. The molecule has 0 saturated heterocycles. The normalized spacial score (nSPS) is 19.8. The molecule has 0 amide bonds. The molecule has 0 radical (unpaired) electrons. The molecule has 2 heterocycles. The van der Waals surface area contributed by atoms with Crippen molar-refractivity contribution in [2.75, 3.05) is 6.54 Å². The van der Waals surface area contributed by atoms with Crippen LogP contribution in [-0.4, -0.2) is 30.5 Å². The number of hydrogen-bond acceptors (Lipinski definition) is 5. The number of nitrogens with zero attached hydrogens (tertiary/aromatic N) is 1. The Bertz CT molecular complexity index is 1050. The molecule has 1 aromatic heterocycles. The Kier molecular flexibility index (Phi) is 3.84. The van der Waals surface area contributed by atoms with Gasteiger partial charge in [0.1, 0.15) is 5.69 Å². The van der Waals surface area contributed by atoms with Gasteiger partial charge >= 0.3 is 0 Å². The molecule has 0 bridgehead atoms. The minimum absolute atomic E-state index is 0.0591. The fraction of sp³-hybridized carbons (Fsp3) is 0.263. The standard InChI is InChI=1S/C19H18N2O4S/c1-2-12-10-15-16(20-11-12)18(22)14-8-9-21(17(14)19(15)23)26(24,25)13-6-4-3-5-7-13/h3-9,12,20H,2,10-11H2,1H3. The SMILES string of the molecule is CCC1CNC2=C(C1)C(=O)c1c(ccn1S(=O)(=O)c1ccccc1)C2=O. The molecule has 6 nitrogen and oxygen atoms in total. The molecule has 0 spiro atoms. The Morgan fingerprint density at radius 3 is 2.54 bits per heavy atom. The first kappa shape index (κ1) is 16.8. The second kappa shape index (κ2) is 5.95. The van der Waals surface area contributed by atoms with E-state index in [4.69, 9.17) is 0 Å². The van der Waals surface area contributed by atoms with Gasteiger partial charge in [-0.05, 0) is 30.5 Å². The molecule has 0 saturated carbocycles. The van der Waals surface area contributed by atoms with E-state index in [1.165, 1.54) is 24.4 Å². The molecule has 1 aromatic carbocycles. The average molecular weight is 370 g/mol. The van der Waals surface area contributed by atoms with Crippen LogP contribution < -0.4 is 5.32 Å². The van der Waals surface area contributed by atoms with Gasteiger partial charge in [0.05, 0.1) is 16.2 Å². The molecule has 1 aliphatic carbocycles. The number of carbonyl (C=O) groups is 2. The third-order valence-electron chi connectivity index (χ3n) is 5.05. The number of rotatable bonds is 3. The largest absolute Gasteiger partial charge is 0.381 e. The highest BCUT2D eigenvalue weighted by Crippen LogP contribution is 2.34. The van der Waals surface area contributed by atoms with Crippen molar-refractivity contribution in [2.24, 2.45) is 5.92 Å². The molecule has 4 rings (SSSR count). The van der Waals surface area contributed by atoms with Crippen LogP contribution in [0.25, 0.3) is 0 Å². The van der Waals surface area contributed by atoms with E-state index in [1.54, 1.807) is 18.2 Å². The van der Waals surface area contributed by atoms with Gasteiger partial charge in [-0.2, -0.15) is 0 Å². The molecule has 2 aliphatic rings. The Morgan fingerprint density at radius 2 is 1.85 bits per heavy atom. The van der Waals surface area contributed by atoms with Gasteiger partial charge in [-0.1, -0.05) is 31.5 Å². The lowest BCUT2D eigenvalue weighted by Gasteiger charge is -2.29.